The van der Waals surface area contributed by atoms with Crippen LogP contribution in [-0.2, 0) is 9.59 Å². The van der Waals surface area contributed by atoms with Crippen molar-refractivity contribution in [1.82, 2.24) is 15.5 Å². The lowest BCUT2D eigenvalue weighted by Crippen LogP contribution is -2.46. The first-order valence-corrected chi connectivity index (χ1v) is 6.47. The number of rotatable bonds is 5. The summed E-state index contributed by atoms with van der Waals surface area (Å²) in [5.74, 6) is 0.135. The fraction of sp³-hybridized carbons (Fsp3) is 0.833. The molecular weight excluding hydrogens is 254 g/mol. The van der Waals surface area contributed by atoms with Gasteiger partial charge in [0.2, 0.25) is 11.8 Å². The first-order valence-electron chi connectivity index (χ1n) is 6.47. The molecule has 0 aromatic heterocycles. The molecule has 1 saturated heterocycles. The average Bonchev–Trinajstić information content (AvgIpc) is 2.98. The van der Waals surface area contributed by atoms with Crippen molar-refractivity contribution in [3.63, 3.8) is 0 Å². The molecule has 1 unspecified atom stereocenters. The molecule has 0 bridgehead atoms. The molecule has 5 nitrogen and oxygen atoms in total. The summed E-state index contributed by atoms with van der Waals surface area (Å²) in [7, 11) is 1.83. The average molecular weight is 276 g/mol. The summed E-state index contributed by atoms with van der Waals surface area (Å²) in [6, 6.07) is 0.150. The lowest BCUT2D eigenvalue weighted by Gasteiger charge is -2.24. The van der Waals surface area contributed by atoms with Gasteiger partial charge in [0.25, 0.3) is 0 Å². The lowest BCUT2D eigenvalue weighted by atomic mass is 10.2. The van der Waals surface area contributed by atoms with Crippen molar-refractivity contribution in [2.24, 2.45) is 0 Å². The predicted octanol–water partition coefficient (Wildman–Crippen LogP) is 0.287. The van der Waals surface area contributed by atoms with Crippen LogP contribution >= 0.6 is 12.4 Å². The smallest absolute Gasteiger partial charge is 0.243 e. The Labute approximate surface area is 114 Å². The molecule has 2 rings (SSSR count). The van der Waals surface area contributed by atoms with E-state index in [2.05, 4.69) is 10.6 Å². The summed E-state index contributed by atoms with van der Waals surface area (Å²) in [6.45, 7) is 1.40. The van der Waals surface area contributed by atoms with Crippen molar-refractivity contribution in [2.45, 2.75) is 44.2 Å². The van der Waals surface area contributed by atoms with E-state index < -0.39 is 0 Å². The van der Waals surface area contributed by atoms with Crippen LogP contribution in [-0.4, -0.2) is 48.9 Å². The Kier molecular flexibility index (Phi) is 5.88. The highest BCUT2D eigenvalue weighted by molar-refractivity contribution is 5.88. The number of nitrogens with zero attached hydrogens (tertiary/aromatic N) is 1. The molecule has 2 N–H and O–H groups in total. The third-order valence-corrected chi connectivity index (χ3v) is 3.39. The maximum Gasteiger partial charge on any atom is 0.243 e. The summed E-state index contributed by atoms with van der Waals surface area (Å²) < 4.78 is 0. The topological polar surface area (TPSA) is 61.4 Å². The van der Waals surface area contributed by atoms with Crippen LogP contribution in [0.5, 0.6) is 0 Å². The highest BCUT2D eigenvalue weighted by atomic mass is 35.5. The van der Waals surface area contributed by atoms with Crippen molar-refractivity contribution in [3.8, 4) is 0 Å². The summed E-state index contributed by atoms with van der Waals surface area (Å²) in [5.41, 5.74) is 0. The molecular formula is C12H22ClN3O2. The number of nitrogens with one attached hydrogen (secondary N) is 2. The molecule has 1 saturated carbocycles. The minimum absolute atomic E-state index is 0. The van der Waals surface area contributed by atoms with E-state index in [0.717, 1.165) is 32.2 Å². The quantitative estimate of drug-likeness (QED) is 0.758. The number of amides is 2. The van der Waals surface area contributed by atoms with E-state index >= 15 is 0 Å². The molecule has 1 atom stereocenters. The van der Waals surface area contributed by atoms with Gasteiger partial charge in [-0.3, -0.25) is 9.59 Å². The minimum atomic E-state index is -0.222. The predicted molar refractivity (Wildman–Crippen MR) is 71.7 cm³/mol. The zero-order chi connectivity index (χ0) is 12.3. The molecule has 1 aliphatic heterocycles. The number of carbonyl (C=O) groups is 2. The third kappa shape index (κ3) is 3.85. The van der Waals surface area contributed by atoms with Crippen LogP contribution in [0, 0.1) is 0 Å². The molecule has 18 heavy (non-hydrogen) atoms. The van der Waals surface area contributed by atoms with Crippen LogP contribution in [0.3, 0.4) is 0 Å². The fourth-order valence-corrected chi connectivity index (χ4v) is 2.24. The van der Waals surface area contributed by atoms with Gasteiger partial charge in [-0.15, -0.1) is 12.4 Å². The lowest BCUT2D eigenvalue weighted by molar-refractivity contribution is -0.138. The Balaban J connectivity index is 0.00000162. The number of halogens is 1. The molecule has 104 valence electrons. The maximum absolute atomic E-state index is 12.0. The summed E-state index contributed by atoms with van der Waals surface area (Å²) in [6.07, 6.45) is 4.40. The third-order valence-electron chi connectivity index (χ3n) is 3.39. The summed E-state index contributed by atoms with van der Waals surface area (Å²) >= 11 is 0. The van der Waals surface area contributed by atoms with Crippen LogP contribution in [0.15, 0.2) is 0 Å². The highest BCUT2D eigenvalue weighted by Gasteiger charge is 2.35. The van der Waals surface area contributed by atoms with Crippen LogP contribution < -0.4 is 10.6 Å². The molecule has 2 amide bonds. The molecule has 0 radical (unpaired) electrons. The Morgan fingerprint density at radius 1 is 1.28 bits per heavy atom. The van der Waals surface area contributed by atoms with Gasteiger partial charge in [0.1, 0.15) is 6.04 Å². The number of hydrogen-bond acceptors (Lipinski definition) is 3. The Bertz CT molecular complexity index is 308. The second-order valence-electron chi connectivity index (χ2n) is 4.88. The van der Waals surface area contributed by atoms with Gasteiger partial charge in [0.05, 0.1) is 0 Å². The van der Waals surface area contributed by atoms with Crippen molar-refractivity contribution >= 4 is 24.2 Å². The standard InChI is InChI=1S/C12H21N3O2.ClH/c1-13-7-6-11(16)15-8-2-3-10(15)12(17)14-9-4-5-9;/h9-10,13H,2-8H2,1H3,(H,14,17);1H. The molecule has 0 aromatic carbocycles. The zero-order valence-corrected chi connectivity index (χ0v) is 11.6. The van der Waals surface area contributed by atoms with Gasteiger partial charge in [-0.25, -0.2) is 0 Å². The first kappa shape index (κ1) is 15.2. The van der Waals surface area contributed by atoms with E-state index in [0.29, 0.717) is 19.0 Å². The van der Waals surface area contributed by atoms with Gasteiger partial charge in [0.15, 0.2) is 0 Å². The van der Waals surface area contributed by atoms with Crippen molar-refractivity contribution in [2.75, 3.05) is 20.1 Å². The van der Waals surface area contributed by atoms with E-state index in [4.69, 9.17) is 0 Å². The van der Waals surface area contributed by atoms with Gasteiger partial charge in [-0.05, 0) is 32.7 Å². The molecule has 2 aliphatic rings. The minimum Gasteiger partial charge on any atom is -0.352 e. The SMILES string of the molecule is CNCCC(=O)N1CCCC1C(=O)NC1CC1.Cl. The van der Waals surface area contributed by atoms with Gasteiger partial charge in [-0.2, -0.15) is 0 Å². The number of hydrogen-bond donors (Lipinski definition) is 2. The summed E-state index contributed by atoms with van der Waals surface area (Å²) in [4.78, 5) is 25.6. The van der Waals surface area contributed by atoms with E-state index in [1.165, 1.54) is 0 Å². The molecule has 0 spiro atoms. The van der Waals surface area contributed by atoms with Gasteiger partial charge in [0, 0.05) is 25.6 Å². The Morgan fingerprint density at radius 2 is 2.00 bits per heavy atom. The van der Waals surface area contributed by atoms with E-state index in [1.54, 1.807) is 4.90 Å². The second-order valence-corrected chi connectivity index (χ2v) is 4.88. The van der Waals surface area contributed by atoms with E-state index in [-0.39, 0.29) is 30.3 Å². The highest BCUT2D eigenvalue weighted by Crippen LogP contribution is 2.22. The Morgan fingerprint density at radius 3 is 2.61 bits per heavy atom. The number of likely N-dealkylation sites (tertiary alicyclic amines) is 1. The number of carbonyl (C=O) groups excluding carboxylic acids is 2. The largest absolute Gasteiger partial charge is 0.352 e. The van der Waals surface area contributed by atoms with Crippen molar-refractivity contribution in [3.05, 3.63) is 0 Å². The summed E-state index contributed by atoms with van der Waals surface area (Å²) in [5, 5.41) is 5.95. The monoisotopic (exact) mass is 275 g/mol. The molecule has 2 fully saturated rings. The molecule has 1 heterocycles. The van der Waals surface area contributed by atoms with Gasteiger partial charge < -0.3 is 15.5 Å². The van der Waals surface area contributed by atoms with Crippen molar-refractivity contribution in [1.29, 1.82) is 0 Å². The normalized spacial score (nSPS) is 22.5. The maximum atomic E-state index is 12.0. The zero-order valence-electron chi connectivity index (χ0n) is 10.8. The van der Waals surface area contributed by atoms with E-state index in [1.807, 2.05) is 7.05 Å². The molecule has 0 aromatic rings. The first-order chi connectivity index (χ1) is 8.22. The van der Waals surface area contributed by atoms with E-state index in [9.17, 15) is 9.59 Å². The van der Waals surface area contributed by atoms with Crippen LogP contribution in [0.1, 0.15) is 32.1 Å². The van der Waals surface area contributed by atoms with Gasteiger partial charge in [-0.1, -0.05) is 0 Å². The molecule has 6 heteroatoms. The van der Waals surface area contributed by atoms with Crippen LogP contribution in [0.4, 0.5) is 0 Å². The fourth-order valence-electron chi connectivity index (χ4n) is 2.24. The van der Waals surface area contributed by atoms with Gasteiger partial charge >= 0.3 is 0 Å². The van der Waals surface area contributed by atoms with Crippen molar-refractivity contribution < 1.29 is 9.59 Å². The van der Waals surface area contributed by atoms with Crippen LogP contribution in [0.25, 0.3) is 0 Å². The second kappa shape index (κ2) is 6.95. The Hall–Kier alpha value is -0.810. The molecule has 1 aliphatic carbocycles. The van der Waals surface area contributed by atoms with Crippen LogP contribution in [0.2, 0.25) is 0 Å².